The summed E-state index contributed by atoms with van der Waals surface area (Å²) in [6, 6.07) is 1.32. The molecule has 21 heavy (non-hydrogen) atoms. The molecule has 0 aliphatic rings. The summed E-state index contributed by atoms with van der Waals surface area (Å²) in [4.78, 5) is 0. The van der Waals surface area contributed by atoms with Crippen molar-refractivity contribution in [3.05, 3.63) is 18.2 Å². The van der Waals surface area contributed by atoms with E-state index in [1.807, 2.05) is 0 Å². The molecule has 0 aliphatic carbocycles. The first kappa shape index (κ1) is 17.3. The van der Waals surface area contributed by atoms with E-state index in [0.29, 0.717) is 18.2 Å². The third-order valence-corrected chi connectivity index (χ3v) is 2.77. The second-order valence-electron chi connectivity index (χ2n) is 3.19. The highest BCUT2D eigenvalue weighted by Gasteiger charge is 2.17. The van der Waals surface area contributed by atoms with Crippen LogP contribution in [0.4, 0.5) is 17.3 Å². The van der Waals surface area contributed by atoms with Crippen LogP contribution in [0.1, 0.15) is 0 Å². The van der Waals surface area contributed by atoms with Crippen LogP contribution in [0.5, 0.6) is 11.5 Å². The summed E-state index contributed by atoms with van der Waals surface area (Å²) in [6.45, 7) is 0. The van der Waals surface area contributed by atoms with Crippen LogP contribution in [0.3, 0.4) is 0 Å². The zero-order valence-electron chi connectivity index (χ0n) is 9.36. The summed E-state index contributed by atoms with van der Waals surface area (Å²) in [5, 5.41) is 0. The molecule has 0 aromatic heterocycles. The lowest BCUT2D eigenvalue weighted by Crippen LogP contribution is -2.08. The molecule has 0 saturated heterocycles. The van der Waals surface area contributed by atoms with Gasteiger partial charge in [0.1, 0.15) is 0 Å². The van der Waals surface area contributed by atoms with Crippen molar-refractivity contribution in [2.24, 2.45) is 0 Å². The van der Waals surface area contributed by atoms with Crippen molar-refractivity contribution in [1.29, 1.82) is 0 Å². The Kier molecular flexibility index (Phi) is 4.59. The highest BCUT2D eigenvalue weighted by Crippen LogP contribution is 2.29. The number of anilines is 1. The number of hydrogen-bond donors (Lipinski definition) is 1. The second-order valence-corrected chi connectivity index (χ2v) is 6.17. The molecule has 1 aromatic carbocycles. The first-order valence-corrected chi connectivity index (χ1v) is 8.39. The Morgan fingerprint density at radius 3 is 1.43 bits per heavy atom. The summed E-state index contributed by atoms with van der Waals surface area (Å²) < 4.78 is 107. The summed E-state index contributed by atoms with van der Waals surface area (Å²) in [5.74, 6) is -2.02. The first-order valence-electron chi connectivity index (χ1n) is 4.39. The Morgan fingerprint density at radius 2 is 1.14 bits per heavy atom. The Bertz CT molecular complexity index is 721. The lowest BCUT2D eigenvalue weighted by Gasteiger charge is -2.07. The molecule has 0 heterocycles. The lowest BCUT2D eigenvalue weighted by atomic mass is 10.3. The van der Waals surface area contributed by atoms with Crippen LogP contribution in [0.2, 0.25) is 0 Å². The van der Waals surface area contributed by atoms with Gasteiger partial charge in [0.15, 0.2) is 11.5 Å². The van der Waals surface area contributed by atoms with E-state index in [-0.39, 0.29) is 0 Å². The molecule has 0 radical (unpaired) electrons. The van der Waals surface area contributed by atoms with Crippen LogP contribution in [0.25, 0.3) is 0 Å². The highest BCUT2D eigenvalue weighted by atomic mass is 32.3. The summed E-state index contributed by atoms with van der Waals surface area (Å²) in [6.07, 6.45) is 0. The standard InChI is InChI=1S/C6H4F3NO8S3/c7-19(11,12)10-4-1-5(17-20(8,13)14)3-6(2-4)18-21(9,15)16/h1-3,10H. The van der Waals surface area contributed by atoms with Crippen LogP contribution < -0.4 is 13.1 Å². The van der Waals surface area contributed by atoms with Gasteiger partial charge in [-0.3, -0.25) is 4.72 Å². The molecule has 0 aliphatic heterocycles. The van der Waals surface area contributed by atoms with Gasteiger partial charge in [-0.05, 0) is 0 Å². The molecule has 120 valence electrons. The van der Waals surface area contributed by atoms with E-state index in [1.54, 1.807) is 0 Å². The maximum Gasteiger partial charge on any atom is 0.488 e. The number of hydrogen-bond acceptors (Lipinski definition) is 8. The van der Waals surface area contributed by atoms with Gasteiger partial charge in [-0.25, -0.2) is 0 Å². The summed E-state index contributed by atoms with van der Waals surface area (Å²) in [7, 11) is -16.5. The second kappa shape index (κ2) is 5.57. The van der Waals surface area contributed by atoms with Gasteiger partial charge in [-0.15, -0.1) is 0 Å². The zero-order chi connectivity index (χ0) is 16.5. The molecule has 0 fully saturated rings. The predicted octanol–water partition coefficient (Wildman–Crippen LogP) is 0.499. The monoisotopic (exact) mass is 371 g/mol. The van der Waals surface area contributed by atoms with Crippen molar-refractivity contribution in [2.75, 3.05) is 4.72 Å². The normalized spacial score (nSPS) is 12.7. The maximum atomic E-state index is 12.4. The summed E-state index contributed by atoms with van der Waals surface area (Å²) >= 11 is 0. The van der Waals surface area contributed by atoms with E-state index in [4.69, 9.17) is 0 Å². The lowest BCUT2D eigenvalue weighted by molar-refractivity contribution is 0.433. The third kappa shape index (κ3) is 7.57. The molecule has 9 nitrogen and oxygen atoms in total. The Labute approximate surface area is 117 Å². The molecule has 0 bridgehead atoms. The van der Waals surface area contributed by atoms with Gasteiger partial charge in [-0.2, -0.15) is 25.3 Å². The fourth-order valence-electron chi connectivity index (χ4n) is 1.10. The third-order valence-electron chi connectivity index (χ3n) is 1.51. The van der Waals surface area contributed by atoms with Crippen molar-refractivity contribution < 1.29 is 45.3 Å². The largest absolute Gasteiger partial charge is 0.488 e. The van der Waals surface area contributed by atoms with Crippen molar-refractivity contribution in [3.8, 4) is 11.5 Å². The molecule has 15 heteroatoms. The molecule has 1 N–H and O–H groups in total. The van der Waals surface area contributed by atoms with E-state index < -0.39 is 48.6 Å². The average molecular weight is 371 g/mol. The van der Waals surface area contributed by atoms with E-state index in [2.05, 4.69) is 8.37 Å². The molecule has 0 atom stereocenters. The molecule has 0 spiro atoms. The molecule has 0 saturated carbocycles. The number of halogens is 3. The topological polar surface area (TPSA) is 133 Å². The van der Waals surface area contributed by atoms with Crippen molar-refractivity contribution in [3.63, 3.8) is 0 Å². The van der Waals surface area contributed by atoms with Gasteiger partial charge >= 0.3 is 31.4 Å². The maximum absolute atomic E-state index is 12.4. The molecule has 0 unspecified atom stereocenters. The van der Waals surface area contributed by atoms with Crippen LogP contribution in [0, 0.1) is 0 Å². The minimum atomic E-state index is -5.57. The van der Waals surface area contributed by atoms with Gasteiger partial charge < -0.3 is 8.37 Å². The van der Waals surface area contributed by atoms with Gasteiger partial charge in [0, 0.05) is 18.2 Å². The molecule has 0 amide bonds. The fourth-order valence-corrected chi connectivity index (χ4v) is 2.15. The van der Waals surface area contributed by atoms with Crippen molar-refractivity contribution in [2.45, 2.75) is 0 Å². The van der Waals surface area contributed by atoms with Crippen LogP contribution in [0.15, 0.2) is 18.2 Å². The quantitative estimate of drug-likeness (QED) is 0.715. The van der Waals surface area contributed by atoms with Crippen molar-refractivity contribution >= 4 is 37.1 Å². The van der Waals surface area contributed by atoms with Gasteiger partial charge in [-0.1, -0.05) is 11.7 Å². The number of rotatable bonds is 6. The number of benzene rings is 1. The van der Waals surface area contributed by atoms with Crippen molar-refractivity contribution in [1.82, 2.24) is 0 Å². The van der Waals surface area contributed by atoms with Gasteiger partial charge in [0.25, 0.3) is 0 Å². The Balaban J connectivity index is 3.31. The number of nitrogens with one attached hydrogen (secondary N) is 1. The van der Waals surface area contributed by atoms with E-state index in [1.165, 1.54) is 0 Å². The van der Waals surface area contributed by atoms with Gasteiger partial charge in [0.05, 0.1) is 5.69 Å². The zero-order valence-corrected chi connectivity index (χ0v) is 11.8. The van der Waals surface area contributed by atoms with Crippen LogP contribution in [-0.4, -0.2) is 25.3 Å². The van der Waals surface area contributed by atoms with Gasteiger partial charge in [0.2, 0.25) is 0 Å². The Morgan fingerprint density at radius 1 is 0.762 bits per heavy atom. The summed E-state index contributed by atoms with van der Waals surface area (Å²) in [5.41, 5.74) is -0.822. The Hall–Kier alpha value is -1.74. The molecule has 1 aromatic rings. The van der Waals surface area contributed by atoms with E-state index in [9.17, 15) is 36.9 Å². The van der Waals surface area contributed by atoms with Crippen LogP contribution in [-0.2, 0) is 31.4 Å². The minimum absolute atomic E-state index is 0.393. The predicted molar refractivity (Wildman–Crippen MR) is 61.4 cm³/mol. The highest BCUT2D eigenvalue weighted by molar-refractivity contribution is 7.87. The molecular formula is C6H4F3NO8S3. The first-order chi connectivity index (χ1) is 9.23. The van der Waals surface area contributed by atoms with E-state index >= 15 is 0 Å². The minimum Gasteiger partial charge on any atom is -0.358 e. The average Bonchev–Trinajstić information content (AvgIpc) is 2.06. The fraction of sp³-hybridized carbons (Fsp3) is 0. The smallest absolute Gasteiger partial charge is 0.358 e. The SMILES string of the molecule is O=S(=O)(F)Nc1cc(OS(=O)(=O)F)cc(OS(=O)(=O)F)c1. The van der Waals surface area contributed by atoms with Crippen LogP contribution >= 0.6 is 0 Å². The molecular weight excluding hydrogens is 367 g/mol. The molecule has 1 rings (SSSR count). The van der Waals surface area contributed by atoms with E-state index in [0.717, 1.165) is 4.72 Å².